The van der Waals surface area contributed by atoms with Crippen LogP contribution < -0.4 is 0 Å². The Balaban J connectivity index is 1.51. The minimum Gasteiger partial charge on any atom is -0.481 e. The molecule has 6 nitrogen and oxygen atoms in total. The van der Waals surface area contributed by atoms with Crippen molar-refractivity contribution in [3.8, 4) is 5.69 Å². The summed E-state index contributed by atoms with van der Waals surface area (Å²) in [4.78, 5) is 25.9. The largest absolute Gasteiger partial charge is 0.481 e. The SMILES string of the molecule is O=C(O)C1CC12CCN(C(=O)c1ccccc1-n1cccn1)CC2. The summed E-state index contributed by atoms with van der Waals surface area (Å²) in [6.45, 7) is 1.24. The normalized spacial score (nSPS) is 21.7. The second-order valence-electron chi connectivity index (χ2n) is 6.72. The number of hydrogen-bond donors (Lipinski definition) is 1. The average Bonchev–Trinajstić information content (AvgIpc) is 3.05. The van der Waals surface area contributed by atoms with Crippen LogP contribution in [0.4, 0.5) is 0 Å². The molecule has 1 aliphatic heterocycles. The average molecular weight is 325 g/mol. The van der Waals surface area contributed by atoms with Crippen LogP contribution >= 0.6 is 0 Å². The zero-order valence-electron chi connectivity index (χ0n) is 13.3. The number of carbonyl (C=O) groups is 2. The van der Waals surface area contributed by atoms with E-state index in [9.17, 15) is 14.7 Å². The fraction of sp³-hybridized carbons (Fsp3) is 0.389. The summed E-state index contributed by atoms with van der Waals surface area (Å²) in [5.41, 5.74) is 1.33. The number of piperidine rings is 1. The summed E-state index contributed by atoms with van der Waals surface area (Å²) in [7, 11) is 0. The molecule has 6 heteroatoms. The first-order chi connectivity index (χ1) is 11.6. The maximum Gasteiger partial charge on any atom is 0.307 e. The van der Waals surface area contributed by atoms with Gasteiger partial charge in [-0.25, -0.2) is 4.68 Å². The van der Waals surface area contributed by atoms with Crippen molar-refractivity contribution in [2.75, 3.05) is 13.1 Å². The predicted octanol–water partition coefficient (Wildman–Crippen LogP) is 2.20. The molecule has 4 rings (SSSR count). The van der Waals surface area contributed by atoms with Gasteiger partial charge in [0, 0.05) is 25.5 Å². The summed E-state index contributed by atoms with van der Waals surface area (Å²) in [5.74, 6) is -0.923. The van der Waals surface area contributed by atoms with Gasteiger partial charge in [-0.05, 0) is 42.9 Å². The molecule has 1 amide bonds. The molecule has 2 heterocycles. The fourth-order valence-electron chi connectivity index (χ4n) is 3.84. The maximum atomic E-state index is 12.9. The van der Waals surface area contributed by atoms with Gasteiger partial charge in [0.15, 0.2) is 0 Å². The van der Waals surface area contributed by atoms with E-state index in [1.807, 2.05) is 41.4 Å². The van der Waals surface area contributed by atoms with Gasteiger partial charge in [-0.3, -0.25) is 9.59 Å². The summed E-state index contributed by atoms with van der Waals surface area (Å²) in [5, 5.41) is 13.4. The molecule has 1 aromatic carbocycles. The second-order valence-corrected chi connectivity index (χ2v) is 6.72. The number of aliphatic carboxylic acids is 1. The lowest BCUT2D eigenvalue weighted by molar-refractivity contribution is -0.139. The van der Waals surface area contributed by atoms with Gasteiger partial charge in [0.2, 0.25) is 0 Å². The van der Waals surface area contributed by atoms with E-state index in [1.54, 1.807) is 10.9 Å². The van der Waals surface area contributed by atoms with Crippen molar-refractivity contribution >= 4 is 11.9 Å². The quantitative estimate of drug-likeness (QED) is 0.939. The van der Waals surface area contributed by atoms with E-state index in [1.165, 1.54) is 0 Å². The first kappa shape index (κ1) is 14.9. The van der Waals surface area contributed by atoms with Gasteiger partial charge in [0.1, 0.15) is 0 Å². The number of para-hydroxylation sites is 1. The van der Waals surface area contributed by atoms with E-state index in [0.29, 0.717) is 18.7 Å². The van der Waals surface area contributed by atoms with Crippen LogP contribution in [0, 0.1) is 11.3 Å². The third kappa shape index (κ3) is 2.38. The molecule has 0 radical (unpaired) electrons. The molecule has 2 aromatic rings. The minimum absolute atomic E-state index is 0.0107. The van der Waals surface area contributed by atoms with Crippen LogP contribution in [0.2, 0.25) is 0 Å². The molecule has 1 atom stereocenters. The van der Waals surface area contributed by atoms with Gasteiger partial charge in [-0.1, -0.05) is 12.1 Å². The molecule has 1 aromatic heterocycles. The molecule has 1 N–H and O–H groups in total. The number of rotatable bonds is 3. The lowest BCUT2D eigenvalue weighted by Crippen LogP contribution is -2.40. The predicted molar refractivity (Wildman–Crippen MR) is 86.9 cm³/mol. The smallest absolute Gasteiger partial charge is 0.307 e. The highest BCUT2D eigenvalue weighted by atomic mass is 16.4. The van der Waals surface area contributed by atoms with E-state index in [2.05, 4.69) is 5.10 Å². The molecular weight excluding hydrogens is 306 g/mol. The van der Waals surface area contributed by atoms with E-state index in [0.717, 1.165) is 24.9 Å². The Hall–Kier alpha value is -2.63. The number of amides is 1. The Morgan fingerprint density at radius 2 is 1.92 bits per heavy atom. The number of carbonyl (C=O) groups excluding carboxylic acids is 1. The summed E-state index contributed by atoms with van der Waals surface area (Å²) < 4.78 is 1.69. The van der Waals surface area contributed by atoms with Crippen molar-refractivity contribution in [1.82, 2.24) is 14.7 Å². The molecule has 24 heavy (non-hydrogen) atoms. The van der Waals surface area contributed by atoms with Crippen LogP contribution in [0.25, 0.3) is 5.69 Å². The van der Waals surface area contributed by atoms with Gasteiger partial charge in [0.05, 0.1) is 17.2 Å². The number of aromatic nitrogens is 2. The van der Waals surface area contributed by atoms with Crippen molar-refractivity contribution in [2.45, 2.75) is 19.3 Å². The van der Waals surface area contributed by atoms with Gasteiger partial charge >= 0.3 is 5.97 Å². The zero-order chi connectivity index (χ0) is 16.7. The Bertz CT molecular complexity index is 777. The first-order valence-electron chi connectivity index (χ1n) is 8.22. The molecule has 1 saturated heterocycles. The van der Waals surface area contributed by atoms with Crippen LogP contribution in [0.15, 0.2) is 42.7 Å². The van der Waals surface area contributed by atoms with Crippen LogP contribution in [-0.2, 0) is 4.79 Å². The van der Waals surface area contributed by atoms with E-state index < -0.39 is 5.97 Å². The van der Waals surface area contributed by atoms with Crippen LogP contribution in [0.3, 0.4) is 0 Å². The highest BCUT2D eigenvalue weighted by Gasteiger charge is 2.59. The zero-order valence-corrected chi connectivity index (χ0v) is 13.3. The van der Waals surface area contributed by atoms with Crippen molar-refractivity contribution in [3.05, 3.63) is 48.3 Å². The molecule has 2 aliphatic rings. The van der Waals surface area contributed by atoms with Crippen molar-refractivity contribution < 1.29 is 14.7 Å². The number of hydrogen-bond acceptors (Lipinski definition) is 3. The van der Waals surface area contributed by atoms with E-state index >= 15 is 0 Å². The van der Waals surface area contributed by atoms with E-state index in [-0.39, 0.29) is 17.2 Å². The number of carboxylic acids is 1. The molecule has 2 fully saturated rings. The highest BCUT2D eigenvalue weighted by Crippen LogP contribution is 2.59. The van der Waals surface area contributed by atoms with Crippen molar-refractivity contribution in [1.29, 1.82) is 0 Å². The Labute approximate surface area is 139 Å². The Kier molecular flexibility index (Phi) is 3.40. The Morgan fingerprint density at radius 3 is 2.54 bits per heavy atom. The summed E-state index contributed by atoms with van der Waals surface area (Å²) in [6.07, 6.45) is 5.82. The number of nitrogens with zero attached hydrogens (tertiary/aromatic N) is 3. The lowest BCUT2D eigenvalue weighted by atomic mass is 9.90. The number of likely N-dealkylation sites (tertiary alicyclic amines) is 1. The monoisotopic (exact) mass is 325 g/mol. The molecular formula is C18H19N3O3. The van der Waals surface area contributed by atoms with Gasteiger partial charge < -0.3 is 10.0 Å². The Morgan fingerprint density at radius 1 is 1.17 bits per heavy atom. The van der Waals surface area contributed by atoms with Gasteiger partial charge in [-0.2, -0.15) is 5.10 Å². The molecule has 1 unspecified atom stereocenters. The lowest BCUT2D eigenvalue weighted by Gasteiger charge is -2.33. The fourth-order valence-corrected chi connectivity index (χ4v) is 3.84. The van der Waals surface area contributed by atoms with Crippen LogP contribution in [0.1, 0.15) is 29.6 Å². The third-order valence-corrected chi connectivity index (χ3v) is 5.42. The molecule has 124 valence electrons. The number of carboxylic acid groups (broad SMARTS) is 1. The second kappa shape index (κ2) is 5.47. The third-order valence-electron chi connectivity index (χ3n) is 5.42. The first-order valence-corrected chi connectivity index (χ1v) is 8.22. The standard InChI is InChI=1S/C18H19N3O3/c22-16(13-4-1-2-5-15(13)21-9-3-8-19-21)20-10-6-18(7-11-20)12-14(18)17(23)24/h1-5,8-9,14H,6-7,10-12H2,(H,23,24). The van der Waals surface area contributed by atoms with Crippen molar-refractivity contribution in [3.63, 3.8) is 0 Å². The molecule has 1 spiro atoms. The van der Waals surface area contributed by atoms with Crippen molar-refractivity contribution in [2.24, 2.45) is 11.3 Å². The van der Waals surface area contributed by atoms with Gasteiger partial charge in [0.25, 0.3) is 5.91 Å². The van der Waals surface area contributed by atoms with Crippen LogP contribution in [-0.4, -0.2) is 44.8 Å². The van der Waals surface area contributed by atoms with Crippen LogP contribution in [0.5, 0.6) is 0 Å². The summed E-state index contributed by atoms with van der Waals surface area (Å²) >= 11 is 0. The highest BCUT2D eigenvalue weighted by molar-refractivity contribution is 5.97. The number of benzene rings is 1. The van der Waals surface area contributed by atoms with E-state index in [4.69, 9.17) is 0 Å². The topological polar surface area (TPSA) is 75.4 Å². The summed E-state index contributed by atoms with van der Waals surface area (Å²) in [6, 6.07) is 9.27. The molecule has 1 aliphatic carbocycles. The minimum atomic E-state index is -0.696. The van der Waals surface area contributed by atoms with Gasteiger partial charge in [-0.15, -0.1) is 0 Å². The maximum absolute atomic E-state index is 12.9. The molecule has 1 saturated carbocycles. The molecule has 0 bridgehead atoms.